The Kier molecular flexibility index (Phi) is 4.89. The molecule has 0 aliphatic heterocycles. The third kappa shape index (κ3) is 3.10. The lowest BCUT2D eigenvalue weighted by Crippen LogP contribution is -2.24. The van der Waals surface area contributed by atoms with Gasteiger partial charge in [-0.15, -0.1) is 11.6 Å². The molecule has 0 unspecified atom stereocenters. The molecule has 0 radical (unpaired) electrons. The summed E-state index contributed by atoms with van der Waals surface area (Å²) in [4.78, 5) is 6.86. The van der Waals surface area contributed by atoms with E-state index in [-0.39, 0.29) is 0 Å². The van der Waals surface area contributed by atoms with E-state index in [4.69, 9.17) is 11.6 Å². The quantitative estimate of drug-likeness (QED) is 0.716. The molecule has 0 N–H and O–H groups in total. The third-order valence-corrected chi connectivity index (χ3v) is 2.81. The van der Waals surface area contributed by atoms with Crippen molar-refractivity contribution in [3.63, 3.8) is 0 Å². The Labute approximate surface area is 97.3 Å². The van der Waals surface area contributed by atoms with Crippen LogP contribution in [0.25, 0.3) is 0 Å². The van der Waals surface area contributed by atoms with Crippen molar-refractivity contribution in [2.45, 2.75) is 33.1 Å². The number of aryl methyl sites for hydroxylation is 1. The van der Waals surface area contributed by atoms with Gasteiger partial charge in [0.2, 0.25) is 0 Å². The molecule has 15 heavy (non-hydrogen) atoms. The van der Waals surface area contributed by atoms with E-state index >= 15 is 0 Å². The summed E-state index contributed by atoms with van der Waals surface area (Å²) in [5.74, 6) is 1.60. The number of nitrogens with zero attached hydrogens (tertiary/aromatic N) is 2. The minimum atomic E-state index is 0.541. The summed E-state index contributed by atoms with van der Waals surface area (Å²) in [7, 11) is 0. The van der Waals surface area contributed by atoms with Gasteiger partial charge in [-0.3, -0.25) is 0 Å². The van der Waals surface area contributed by atoms with Crippen LogP contribution < -0.4 is 4.90 Å². The number of anilines is 1. The molecule has 1 heterocycles. The number of hydrogen-bond donors (Lipinski definition) is 0. The number of halogens is 1. The zero-order valence-corrected chi connectivity index (χ0v) is 10.5. The van der Waals surface area contributed by atoms with Gasteiger partial charge in [-0.2, -0.15) is 0 Å². The van der Waals surface area contributed by atoms with Crippen molar-refractivity contribution >= 4 is 17.4 Å². The molecule has 0 fully saturated rings. The maximum absolute atomic E-state index is 5.81. The molecule has 0 aliphatic carbocycles. The molecule has 0 amide bonds. The van der Waals surface area contributed by atoms with Gasteiger partial charge in [-0.05, 0) is 31.9 Å². The summed E-state index contributed by atoms with van der Waals surface area (Å²) in [5.41, 5.74) is 2.16. The average Bonchev–Trinajstić information content (AvgIpc) is 2.25. The van der Waals surface area contributed by atoms with E-state index in [9.17, 15) is 0 Å². The van der Waals surface area contributed by atoms with E-state index in [1.807, 2.05) is 6.92 Å². The number of aromatic nitrogens is 1. The molecule has 0 saturated carbocycles. The third-order valence-electron chi connectivity index (χ3n) is 2.52. The van der Waals surface area contributed by atoms with Gasteiger partial charge in [-0.1, -0.05) is 13.0 Å². The van der Waals surface area contributed by atoms with Crippen LogP contribution in [0.3, 0.4) is 0 Å². The van der Waals surface area contributed by atoms with Gasteiger partial charge >= 0.3 is 0 Å². The van der Waals surface area contributed by atoms with Crippen molar-refractivity contribution in [2.75, 3.05) is 18.0 Å². The van der Waals surface area contributed by atoms with Crippen LogP contribution in [-0.4, -0.2) is 18.1 Å². The van der Waals surface area contributed by atoms with Gasteiger partial charge < -0.3 is 4.90 Å². The normalized spacial score (nSPS) is 10.4. The maximum Gasteiger partial charge on any atom is 0.128 e. The average molecular weight is 227 g/mol. The Morgan fingerprint density at radius 3 is 2.53 bits per heavy atom. The van der Waals surface area contributed by atoms with Crippen LogP contribution in [0.1, 0.15) is 31.5 Å². The Balaban J connectivity index is 2.89. The molecular weight excluding hydrogens is 208 g/mol. The lowest BCUT2D eigenvalue weighted by Gasteiger charge is -2.21. The fraction of sp³-hybridized carbons (Fsp3) is 0.583. The summed E-state index contributed by atoms with van der Waals surface area (Å²) in [6.07, 6.45) is 1.14. The fourth-order valence-electron chi connectivity index (χ4n) is 1.60. The Morgan fingerprint density at radius 2 is 2.07 bits per heavy atom. The van der Waals surface area contributed by atoms with Gasteiger partial charge in [0.25, 0.3) is 0 Å². The van der Waals surface area contributed by atoms with Crippen LogP contribution in [0.15, 0.2) is 12.1 Å². The smallest absolute Gasteiger partial charge is 0.128 e. The Morgan fingerprint density at radius 1 is 1.33 bits per heavy atom. The Bertz CT molecular complexity index is 312. The number of pyridine rings is 1. The van der Waals surface area contributed by atoms with Crippen LogP contribution >= 0.6 is 11.6 Å². The first-order valence-corrected chi connectivity index (χ1v) is 6.03. The molecule has 1 aromatic heterocycles. The maximum atomic E-state index is 5.81. The van der Waals surface area contributed by atoms with Crippen molar-refractivity contribution in [1.82, 2.24) is 4.98 Å². The van der Waals surface area contributed by atoms with Crippen molar-refractivity contribution in [1.29, 1.82) is 0 Å². The highest BCUT2D eigenvalue weighted by molar-refractivity contribution is 6.17. The molecule has 0 saturated heterocycles. The SMILES string of the molecule is CCCN(CC)c1ccc(CCl)c(C)n1. The van der Waals surface area contributed by atoms with Crippen LogP contribution in [0.2, 0.25) is 0 Å². The van der Waals surface area contributed by atoms with Gasteiger partial charge in [0, 0.05) is 24.7 Å². The number of alkyl halides is 1. The van der Waals surface area contributed by atoms with E-state index in [0.717, 1.165) is 36.6 Å². The van der Waals surface area contributed by atoms with Gasteiger partial charge in [-0.25, -0.2) is 4.98 Å². The van der Waals surface area contributed by atoms with Crippen molar-refractivity contribution < 1.29 is 0 Å². The van der Waals surface area contributed by atoms with E-state index in [1.165, 1.54) is 0 Å². The van der Waals surface area contributed by atoms with Gasteiger partial charge in [0.05, 0.1) is 0 Å². The predicted octanol–water partition coefficient (Wildman–Crippen LogP) is 3.37. The highest BCUT2D eigenvalue weighted by atomic mass is 35.5. The number of hydrogen-bond acceptors (Lipinski definition) is 2. The van der Waals surface area contributed by atoms with Crippen molar-refractivity contribution in [3.8, 4) is 0 Å². The van der Waals surface area contributed by atoms with E-state index in [0.29, 0.717) is 5.88 Å². The second kappa shape index (κ2) is 5.96. The predicted molar refractivity (Wildman–Crippen MR) is 66.7 cm³/mol. The number of rotatable bonds is 5. The summed E-state index contributed by atoms with van der Waals surface area (Å²) >= 11 is 5.81. The van der Waals surface area contributed by atoms with E-state index < -0.39 is 0 Å². The molecule has 1 aromatic rings. The molecule has 84 valence electrons. The summed E-state index contributed by atoms with van der Waals surface area (Å²) in [6.45, 7) is 8.41. The highest BCUT2D eigenvalue weighted by Gasteiger charge is 2.06. The summed E-state index contributed by atoms with van der Waals surface area (Å²) in [5, 5.41) is 0. The first-order chi connectivity index (χ1) is 7.22. The zero-order chi connectivity index (χ0) is 11.3. The highest BCUT2D eigenvalue weighted by Crippen LogP contribution is 2.16. The second-order valence-electron chi connectivity index (χ2n) is 3.63. The summed E-state index contributed by atoms with van der Waals surface area (Å²) < 4.78 is 0. The standard InChI is InChI=1S/C12H19ClN2/c1-4-8-15(5-2)12-7-6-11(9-13)10(3)14-12/h6-7H,4-5,8-9H2,1-3H3. The van der Waals surface area contributed by atoms with Crippen LogP contribution in [0.5, 0.6) is 0 Å². The van der Waals surface area contributed by atoms with Crippen LogP contribution in [0.4, 0.5) is 5.82 Å². The first kappa shape index (κ1) is 12.3. The molecule has 3 heteroatoms. The lowest BCUT2D eigenvalue weighted by atomic mass is 10.2. The molecule has 0 aromatic carbocycles. The van der Waals surface area contributed by atoms with Crippen LogP contribution in [-0.2, 0) is 5.88 Å². The molecule has 0 aliphatic rings. The summed E-state index contributed by atoms with van der Waals surface area (Å²) in [6, 6.07) is 4.13. The molecular formula is C12H19ClN2. The van der Waals surface area contributed by atoms with Crippen molar-refractivity contribution in [3.05, 3.63) is 23.4 Å². The molecule has 0 bridgehead atoms. The van der Waals surface area contributed by atoms with E-state index in [1.54, 1.807) is 0 Å². The molecule has 0 spiro atoms. The zero-order valence-electron chi connectivity index (χ0n) is 9.76. The second-order valence-corrected chi connectivity index (χ2v) is 3.89. The lowest BCUT2D eigenvalue weighted by molar-refractivity contribution is 0.776. The Hall–Kier alpha value is -0.760. The monoisotopic (exact) mass is 226 g/mol. The molecule has 0 atom stereocenters. The largest absolute Gasteiger partial charge is 0.357 e. The fourth-order valence-corrected chi connectivity index (χ4v) is 1.88. The van der Waals surface area contributed by atoms with Crippen molar-refractivity contribution in [2.24, 2.45) is 0 Å². The van der Waals surface area contributed by atoms with E-state index in [2.05, 4.69) is 35.9 Å². The molecule has 1 rings (SSSR count). The van der Waals surface area contributed by atoms with Gasteiger partial charge in [0.15, 0.2) is 0 Å². The topological polar surface area (TPSA) is 16.1 Å². The minimum absolute atomic E-state index is 0.541. The van der Waals surface area contributed by atoms with Crippen LogP contribution in [0, 0.1) is 6.92 Å². The first-order valence-electron chi connectivity index (χ1n) is 5.50. The molecule has 2 nitrogen and oxygen atoms in total. The van der Waals surface area contributed by atoms with Gasteiger partial charge in [0.1, 0.15) is 5.82 Å². The minimum Gasteiger partial charge on any atom is -0.357 e.